The molecule has 1 N–H and O–H groups in total. The van der Waals surface area contributed by atoms with Gasteiger partial charge in [0.1, 0.15) is 0 Å². The number of aryl methyl sites for hydroxylation is 1. The minimum Gasteiger partial charge on any atom is -0.308 e. The second kappa shape index (κ2) is 6.49. The van der Waals surface area contributed by atoms with Gasteiger partial charge in [-0.3, -0.25) is 9.58 Å². The van der Waals surface area contributed by atoms with Crippen LogP contribution in [0.15, 0.2) is 12.4 Å². The van der Waals surface area contributed by atoms with E-state index in [0.29, 0.717) is 0 Å². The first-order valence-electron chi connectivity index (χ1n) is 8.50. The van der Waals surface area contributed by atoms with E-state index < -0.39 is 0 Å². The molecule has 0 saturated carbocycles. The summed E-state index contributed by atoms with van der Waals surface area (Å²) in [5, 5.41) is 8.22. The highest BCUT2D eigenvalue weighted by molar-refractivity contribution is 5.09. The van der Waals surface area contributed by atoms with Gasteiger partial charge in [-0.05, 0) is 25.7 Å². The lowest BCUT2D eigenvalue weighted by Crippen LogP contribution is -2.69. The summed E-state index contributed by atoms with van der Waals surface area (Å²) in [5.41, 5.74) is 1.88. The van der Waals surface area contributed by atoms with Crippen LogP contribution < -0.4 is 5.32 Å². The number of nitrogens with zero attached hydrogens (tertiary/aromatic N) is 3. The van der Waals surface area contributed by atoms with Crippen LogP contribution in [-0.2, 0) is 13.6 Å². The molecule has 0 aromatic carbocycles. The molecule has 21 heavy (non-hydrogen) atoms. The first kappa shape index (κ1) is 16.5. The first-order valence-corrected chi connectivity index (χ1v) is 8.50. The van der Waals surface area contributed by atoms with E-state index >= 15 is 0 Å². The third kappa shape index (κ3) is 3.16. The molecule has 0 atom stereocenters. The Balaban J connectivity index is 2.24. The Labute approximate surface area is 129 Å². The molecule has 2 heterocycles. The fourth-order valence-electron chi connectivity index (χ4n) is 3.72. The van der Waals surface area contributed by atoms with Gasteiger partial charge in [0.2, 0.25) is 0 Å². The minimum atomic E-state index is 0.274. The molecule has 1 aliphatic heterocycles. The Morgan fingerprint density at radius 3 is 2.29 bits per heavy atom. The van der Waals surface area contributed by atoms with Crippen molar-refractivity contribution in [2.75, 3.05) is 13.1 Å². The van der Waals surface area contributed by atoms with Gasteiger partial charge in [-0.1, -0.05) is 27.7 Å². The first-order chi connectivity index (χ1) is 10.0. The van der Waals surface area contributed by atoms with Crippen molar-refractivity contribution in [2.45, 2.75) is 71.0 Å². The van der Waals surface area contributed by atoms with Gasteiger partial charge >= 0.3 is 0 Å². The summed E-state index contributed by atoms with van der Waals surface area (Å²) in [6.45, 7) is 12.5. The maximum absolute atomic E-state index is 4.33. The average Bonchev–Trinajstić information content (AvgIpc) is 2.92. The molecule has 0 amide bonds. The van der Waals surface area contributed by atoms with Gasteiger partial charge in [0, 0.05) is 49.5 Å². The number of rotatable bonds is 6. The van der Waals surface area contributed by atoms with Crippen LogP contribution in [0.1, 0.15) is 58.9 Å². The Kier molecular flexibility index (Phi) is 5.10. The quantitative estimate of drug-likeness (QED) is 0.875. The Morgan fingerprint density at radius 1 is 1.14 bits per heavy atom. The summed E-state index contributed by atoms with van der Waals surface area (Å²) in [4.78, 5) is 2.72. The summed E-state index contributed by atoms with van der Waals surface area (Å²) in [6, 6.07) is 0. The molecule has 1 aromatic rings. The van der Waals surface area contributed by atoms with Crippen molar-refractivity contribution in [3.63, 3.8) is 0 Å². The molecule has 4 heteroatoms. The van der Waals surface area contributed by atoms with E-state index in [4.69, 9.17) is 0 Å². The second-order valence-corrected chi connectivity index (χ2v) is 6.65. The summed E-state index contributed by atoms with van der Waals surface area (Å²) in [6.07, 6.45) is 8.93. The van der Waals surface area contributed by atoms with Crippen molar-refractivity contribution in [1.82, 2.24) is 20.0 Å². The van der Waals surface area contributed by atoms with E-state index in [1.165, 1.54) is 31.2 Å². The van der Waals surface area contributed by atoms with Crippen LogP contribution in [0.2, 0.25) is 0 Å². The summed E-state index contributed by atoms with van der Waals surface area (Å²) >= 11 is 0. The van der Waals surface area contributed by atoms with Crippen molar-refractivity contribution in [2.24, 2.45) is 7.05 Å². The van der Waals surface area contributed by atoms with Crippen LogP contribution in [0, 0.1) is 0 Å². The van der Waals surface area contributed by atoms with Gasteiger partial charge in [-0.25, -0.2) is 0 Å². The normalized spacial score (nSPS) is 21.6. The van der Waals surface area contributed by atoms with Gasteiger partial charge in [0.05, 0.1) is 6.20 Å². The van der Waals surface area contributed by atoms with E-state index in [0.717, 1.165) is 19.6 Å². The van der Waals surface area contributed by atoms with Crippen molar-refractivity contribution in [1.29, 1.82) is 0 Å². The van der Waals surface area contributed by atoms with E-state index in [1.54, 1.807) is 0 Å². The number of aromatic nitrogens is 2. The van der Waals surface area contributed by atoms with Gasteiger partial charge in [-0.2, -0.15) is 5.10 Å². The summed E-state index contributed by atoms with van der Waals surface area (Å²) < 4.78 is 1.91. The zero-order valence-electron chi connectivity index (χ0n) is 14.4. The smallest absolute Gasteiger partial charge is 0.0534 e. The van der Waals surface area contributed by atoms with Crippen LogP contribution in [-0.4, -0.2) is 38.8 Å². The number of hydrogen-bond acceptors (Lipinski definition) is 3. The lowest BCUT2D eigenvalue weighted by atomic mass is 9.80. The minimum absolute atomic E-state index is 0.274. The van der Waals surface area contributed by atoms with Gasteiger partial charge in [0.15, 0.2) is 0 Å². The largest absolute Gasteiger partial charge is 0.308 e. The highest BCUT2D eigenvalue weighted by Crippen LogP contribution is 2.34. The molecule has 2 rings (SSSR count). The predicted molar refractivity (Wildman–Crippen MR) is 88.2 cm³/mol. The Hall–Kier alpha value is -0.870. The molecular formula is C17H32N4. The fraction of sp³-hybridized carbons (Fsp3) is 0.824. The average molecular weight is 292 g/mol. The molecule has 0 radical (unpaired) electrons. The van der Waals surface area contributed by atoms with Crippen LogP contribution >= 0.6 is 0 Å². The van der Waals surface area contributed by atoms with Crippen molar-refractivity contribution >= 4 is 0 Å². The van der Waals surface area contributed by atoms with E-state index in [1.807, 2.05) is 17.9 Å². The highest BCUT2D eigenvalue weighted by atomic mass is 15.3. The standard InChI is InChI=1S/C17H32N4/c1-6-16(7-2)14-21(12-15-10-19-20(5)11-15)17(8-3,9-4)13-18-16/h10-11,18H,6-9,12-14H2,1-5H3. The molecule has 1 saturated heterocycles. The van der Waals surface area contributed by atoms with Gasteiger partial charge < -0.3 is 5.32 Å². The molecule has 0 spiro atoms. The highest BCUT2D eigenvalue weighted by Gasteiger charge is 2.44. The lowest BCUT2D eigenvalue weighted by molar-refractivity contribution is -0.0110. The topological polar surface area (TPSA) is 33.1 Å². The van der Waals surface area contributed by atoms with Gasteiger partial charge in [0.25, 0.3) is 0 Å². The molecule has 1 fully saturated rings. The van der Waals surface area contributed by atoms with Crippen LogP contribution in [0.5, 0.6) is 0 Å². The van der Waals surface area contributed by atoms with Crippen LogP contribution in [0.25, 0.3) is 0 Å². The predicted octanol–water partition coefficient (Wildman–Crippen LogP) is 2.94. The van der Waals surface area contributed by atoms with Crippen LogP contribution in [0.4, 0.5) is 0 Å². The monoisotopic (exact) mass is 292 g/mol. The maximum Gasteiger partial charge on any atom is 0.0534 e. The number of nitrogens with one attached hydrogen (secondary N) is 1. The summed E-state index contributed by atoms with van der Waals surface area (Å²) in [7, 11) is 2.00. The third-order valence-electron chi connectivity index (χ3n) is 5.76. The molecule has 1 aromatic heterocycles. The van der Waals surface area contributed by atoms with Gasteiger partial charge in [-0.15, -0.1) is 0 Å². The van der Waals surface area contributed by atoms with Crippen molar-refractivity contribution in [3.05, 3.63) is 18.0 Å². The van der Waals surface area contributed by atoms with E-state index in [9.17, 15) is 0 Å². The molecule has 4 nitrogen and oxygen atoms in total. The zero-order valence-corrected chi connectivity index (χ0v) is 14.4. The molecule has 120 valence electrons. The Morgan fingerprint density at radius 2 is 1.81 bits per heavy atom. The molecule has 0 unspecified atom stereocenters. The SMILES string of the molecule is CCC1(CC)CN(Cc2cnn(C)c2)C(CC)(CC)CN1. The zero-order chi connectivity index (χ0) is 15.5. The molecular weight excluding hydrogens is 260 g/mol. The maximum atomic E-state index is 4.33. The molecule has 0 aliphatic carbocycles. The number of hydrogen-bond donors (Lipinski definition) is 1. The lowest BCUT2D eigenvalue weighted by Gasteiger charge is -2.54. The molecule has 1 aliphatic rings. The van der Waals surface area contributed by atoms with Crippen LogP contribution in [0.3, 0.4) is 0 Å². The second-order valence-electron chi connectivity index (χ2n) is 6.65. The Bertz CT molecular complexity index is 443. The van der Waals surface area contributed by atoms with E-state index in [2.05, 4.69) is 49.2 Å². The fourth-order valence-corrected chi connectivity index (χ4v) is 3.72. The third-order valence-corrected chi connectivity index (χ3v) is 5.76. The van der Waals surface area contributed by atoms with Crippen molar-refractivity contribution < 1.29 is 0 Å². The summed E-state index contributed by atoms with van der Waals surface area (Å²) in [5.74, 6) is 0. The van der Waals surface area contributed by atoms with E-state index in [-0.39, 0.29) is 11.1 Å². The van der Waals surface area contributed by atoms with Crippen molar-refractivity contribution in [3.8, 4) is 0 Å². The molecule has 0 bridgehead atoms. The number of piperazine rings is 1.